The van der Waals surface area contributed by atoms with Gasteiger partial charge in [0, 0.05) is 11.7 Å². The van der Waals surface area contributed by atoms with E-state index in [4.69, 9.17) is 14.2 Å². The maximum atomic E-state index is 13.0. The first-order valence-corrected chi connectivity index (χ1v) is 13.3. The maximum absolute atomic E-state index is 13.0. The van der Waals surface area contributed by atoms with Crippen LogP contribution in [-0.4, -0.2) is 62.5 Å². The molecule has 2 unspecified atom stereocenters. The Kier molecular flexibility index (Phi) is 11.1. The van der Waals surface area contributed by atoms with Gasteiger partial charge in [0.25, 0.3) is 0 Å². The molecule has 3 amide bonds. The molecule has 0 spiro atoms. The van der Waals surface area contributed by atoms with E-state index in [1.807, 2.05) is 31.2 Å². The summed E-state index contributed by atoms with van der Waals surface area (Å²) < 4.78 is 16.1. The van der Waals surface area contributed by atoms with Crippen molar-refractivity contribution in [2.45, 2.75) is 38.9 Å². The number of ether oxygens (including phenoxy) is 3. The fourth-order valence-corrected chi connectivity index (χ4v) is 4.50. The maximum Gasteiger partial charge on any atom is 0.323 e. The average Bonchev–Trinajstić information content (AvgIpc) is 2.96. The molecule has 0 radical (unpaired) electrons. The summed E-state index contributed by atoms with van der Waals surface area (Å²) in [6.07, 6.45) is -0.637. The number of urea groups is 1. The summed E-state index contributed by atoms with van der Waals surface area (Å²) in [7, 11) is 6.27. The van der Waals surface area contributed by atoms with Crippen molar-refractivity contribution < 1.29 is 33.7 Å². The predicted octanol–water partition coefficient (Wildman–Crippen LogP) is 4.82. The first-order valence-electron chi connectivity index (χ1n) is 13.3. The molecule has 0 aliphatic heterocycles. The second-order valence-electron chi connectivity index (χ2n) is 9.74. The highest BCUT2D eigenvalue weighted by Crippen LogP contribution is 2.33. The molecule has 2 atom stereocenters. The van der Waals surface area contributed by atoms with Gasteiger partial charge in [-0.2, -0.15) is 0 Å². The quantitative estimate of drug-likeness (QED) is 0.212. The number of benzene rings is 3. The number of aryl methyl sites for hydroxylation is 1. The van der Waals surface area contributed by atoms with Crippen LogP contribution < -0.4 is 30.2 Å². The minimum absolute atomic E-state index is 0.0458. The fraction of sp³-hybridized carbons (Fsp3) is 0.323. The van der Waals surface area contributed by atoms with Gasteiger partial charge in [0.05, 0.1) is 46.0 Å². The molecule has 3 aromatic carbocycles. The summed E-state index contributed by atoms with van der Waals surface area (Å²) in [6.45, 7) is 3.69. The molecule has 224 valence electrons. The first-order chi connectivity index (χ1) is 20.1. The first kappa shape index (κ1) is 31.8. The van der Waals surface area contributed by atoms with Crippen LogP contribution in [0.5, 0.6) is 17.2 Å². The molecule has 3 rings (SSSR count). The van der Waals surface area contributed by atoms with Crippen LogP contribution in [0.25, 0.3) is 0 Å². The lowest BCUT2D eigenvalue weighted by Gasteiger charge is -2.33. The van der Waals surface area contributed by atoms with Gasteiger partial charge in [-0.1, -0.05) is 30.3 Å². The van der Waals surface area contributed by atoms with Crippen molar-refractivity contribution in [3.8, 4) is 17.2 Å². The van der Waals surface area contributed by atoms with E-state index in [0.29, 0.717) is 39.8 Å². The molecule has 0 fully saturated rings. The number of anilines is 2. The van der Waals surface area contributed by atoms with E-state index in [1.54, 1.807) is 55.3 Å². The van der Waals surface area contributed by atoms with Gasteiger partial charge in [-0.3, -0.25) is 14.5 Å². The van der Waals surface area contributed by atoms with Crippen LogP contribution in [-0.2, 0) is 16.0 Å². The number of hydrogen-bond acceptors (Lipinski definition) is 7. The second kappa shape index (κ2) is 14.7. The minimum atomic E-state index is -0.978. The van der Waals surface area contributed by atoms with Gasteiger partial charge in [-0.25, -0.2) is 4.79 Å². The van der Waals surface area contributed by atoms with E-state index in [-0.39, 0.29) is 18.7 Å². The van der Waals surface area contributed by atoms with E-state index in [1.165, 1.54) is 21.3 Å². The number of carbonyl (C=O) groups is 3. The number of aliphatic carboxylic acids is 1. The van der Waals surface area contributed by atoms with E-state index in [0.717, 1.165) is 5.56 Å². The van der Waals surface area contributed by atoms with Crippen molar-refractivity contribution >= 4 is 29.3 Å². The molecule has 0 bridgehead atoms. The molecule has 3 aromatic rings. The van der Waals surface area contributed by atoms with Crippen LogP contribution in [0.15, 0.2) is 60.7 Å². The Morgan fingerprint density at radius 2 is 1.52 bits per heavy atom. The van der Waals surface area contributed by atoms with Crippen molar-refractivity contribution in [1.82, 2.24) is 10.2 Å². The topological polar surface area (TPSA) is 138 Å². The lowest BCUT2D eigenvalue weighted by atomic mass is 10.0. The molecule has 42 heavy (non-hydrogen) atoms. The Hall–Kier alpha value is -4.77. The highest BCUT2D eigenvalue weighted by molar-refractivity contribution is 6.01. The van der Waals surface area contributed by atoms with Gasteiger partial charge < -0.3 is 35.3 Å². The lowest BCUT2D eigenvalue weighted by Crippen LogP contribution is -2.46. The molecular formula is C31H38N4O7. The van der Waals surface area contributed by atoms with Crippen molar-refractivity contribution in [3.05, 3.63) is 77.4 Å². The predicted molar refractivity (Wildman–Crippen MR) is 160 cm³/mol. The Balaban J connectivity index is 1.67. The molecule has 0 saturated carbocycles. The van der Waals surface area contributed by atoms with Gasteiger partial charge in [0.2, 0.25) is 5.91 Å². The third kappa shape index (κ3) is 8.37. The highest BCUT2D eigenvalue weighted by Gasteiger charge is 2.26. The zero-order valence-electron chi connectivity index (χ0n) is 24.7. The number of nitrogens with one attached hydrogen (secondary N) is 3. The third-order valence-electron chi connectivity index (χ3n) is 6.90. The van der Waals surface area contributed by atoms with E-state index in [2.05, 4.69) is 16.0 Å². The molecule has 11 heteroatoms. The second-order valence-corrected chi connectivity index (χ2v) is 9.74. The molecule has 0 aliphatic rings. The number of carbonyl (C=O) groups excluding carboxylic acids is 2. The lowest BCUT2D eigenvalue weighted by molar-refractivity contribution is -0.138. The average molecular weight is 579 g/mol. The zero-order valence-corrected chi connectivity index (χ0v) is 24.7. The van der Waals surface area contributed by atoms with Gasteiger partial charge in [-0.15, -0.1) is 0 Å². The minimum Gasteiger partial charge on any atom is -0.495 e. The standard InChI is InChI=1S/C31H38N4O7/c1-19-9-7-8-10-23(19)33-31(39)34-24-13-11-21(15-27(24)41-5)16-29(36)32-20(2)35(3)25(18-30(37)38)22-12-14-26(40-4)28(17-22)42-6/h7-15,17,20,25H,16,18H2,1-6H3,(H,32,36)(H,37,38)(H2,33,34,39). The molecule has 0 heterocycles. The number of carboxylic acids is 1. The Labute approximate surface area is 245 Å². The van der Waals surface area contributed by atoms with E-state index in [9.17, 15) is 19.5 Å². The van der Waals surface area contributed by atoms with Crippen LogP contribution in [0.1, 0.15) is 36.1 Å². The third-order valence-corrected chi connectivity index (χ3v) is 6.90. The summed E-state index contributed by atoms with van der Waals surface area (Å²) in [6, 6.07) is 16.8. The molecule has 4 N–H and O–H groups in total. The smallest absolute Gasteiger partial charge is 0.323 e. The van der Waals surface area contributed by atoms with Crippen LogP contribution in [0, 0.1) is 6.92 Å². The monoisotopic (exact) mass is 578 g/mol. The van der Waals surface area contributed by atoms with Crippen LogP contribution in [0.2, 0.25) is 0 Å². The molecule has 0 saturated heterocycles. The van der Waals surface area contributed by atoms with Crippen LogP contribution in [0.3, 0.4) is 0 Å². The van der Waals surface area contributed by atoms with Gasteiger partial charge in [-0.05, 0) is 67.9 Å². The van der Waals surface area contributed by atoms with Gasteiger partial charge in [0.1, 0.15) is 5.75 Å². The SMILES string of the molecule is COc1cc(CC(=O)NC(C)N(C)C(CC(=O)O)c2ccc(OC)c(OC)c2)ccc1NC(=O)Nc1ccccc1C. The summed E-state index contributed by atoms with van der Waals surface area (Å²) in [5.41, 5.74) is 3.45. The number of hydrogen-bond donors (Lipinski definition) is 4. The summed E-state index contributed by atoms with van der Waals surface area (Å²) in [5.74, 6) is 0.169. The summed E-state index contributed by atoms with van der Waals surface area (Å²) >= 11 is 0. The molecule has 11 nitrogen and oxygen atoms in total. The fourth-order valence-electron chi connectivity index (χ4n) is 4.50. The summed E-state index contributed by atoms with van der Waals surface area (Å²) in [5, 5.41) is 18.1. The van der Waals surface area contributed by atoms with Crippen molar-refractivity contribution in [2.24, 2.45) is 0 Å². The van der Waals surface area contributed by atoms with Crippen molar-refractivity contribution in [1.29, 1.82) is 0 Å². The van der Waals surface area contributed by atoms with Gasteiger partial charge in [0.15, 0.2) is 11.5 Å². The number of amides is 3. The molecule has 0 aliphatic carbocycles. The molecule has 0 aromatic heterocycles. The normalized spacial score (nSPS) is 12.2. The zero-order chi connectivity index (χ0) is 30.8. The highest BCUT2D eigenvalue weighted by atomic mass is 16.5. The number of rotatable bonds is 13. The number of methoxy groups -OCH3 is 3. The van der Waals surface area contributed by atoms with Crippen LogP contribution in [0.4, 0.5) is 16.2 Å². The van der Waals surface area contributed by atoms with E-state index < -0.39 is 24.2 Å². The number of para-hydroxylation sites is 1. The number of nitrogens with zero attached hydrogens (tertiary/aromatic N) is 1. The van der Waals surface area contributed by atoms with Gasteiger partial charge >= 0.3 is 12.0 Å². The largest absolute Gasteiger partial charge is 0.495 e. The van der Waals surface area contributed by atoms with Crippen molar-refractivity contribution in [3.63, 3.8) is 0 Å². The Morgan fingerprint density at radius 3 is 2.17 bits per heavy atom. The Morgan fingerprint density at radius 1 is 0.857 bits per heavy atom. The Bertz CT molecular complexity index is 1410. The number of carboxylic acid groups (broad SMARTS) is 1. The summed E-state index contributed by atoms with van der Waals surface area (Å²) in [4.78, 5) is 39.0. The molecular weight excluding hydrogens is 540 g/mol. The van der Waals surface area contributed by atoms with E-state index >= 15 is 0 Å². The van der Waals surface area contributed by atoms with Crippen LogP contribution >= 0.6 is 0 Å². The van der Waals surface area contributed by atoms with Crippen molar-refractivity contribution in [2.75, 3.05) is 39.0 Å².